The summed E-state index contributed by atoms with van der Waals surface area (Å²) in [5.41, 5.74) is 1.47. The van der Waals surface area contributed by atoms with Crippen molar-refractivity contribution in [2.75, 3.05) is 5.33 Å². The molecular weight excluding hydrogens is 319 g/mol. The highest BCUT2D eigenvalue weighted by Crippen LogP contribution is 2.28. The van der Waals surface area contributed by atoms with Gasteiger partial charge in [-0.2, -0.15) is 0 Å². The molecule has 0 aromatic heterocycles. The van der Waals surface area contributed by atoms with Gasteiger partial charge in [-0.3, -0.25) is 4.79 Å². The molecule has 1 aromatic rings. The van der Waals surface area contributed by atoms with E-state index in [-0.39, 0.29) is 11.1 Å². The molecule has 1 nitrogen and oxygen atoms in total. The van der Waals surface area contributed by atoms with Gasteiger partial charge in [0.15, 0.2) is 5.78 Å². The van der Waals surface area contributed by atoms with E-state index in [0.717, 1.165) is 10.0 Å². The molecule has 13 heavy (non-hydrogen) atoms. The smallest absolute Gasteiger partial charge is 0.176 e. The van der Waals surface area contributed by atoms with Crippen LogP contribution in [0.5, 0.6) is 0 Å². The molecule has 0 saturated heterocycles. The van der Waals surface area contributed by atoms with Crippen LogP contribution in [0.15, 0.2) is 16.6 Å². The van der Waals surface area contributed by atoms with Gasteiger partial charge in [0.1, 0.15) is 0 Å². The minimum absolute atomic E-state index is 0.0134. The fraction of sp³-hybridized carbons (Fsp3) is 0.222. The quantitative estimate of drug-likeness (QED) is 0.593. The maximum atomic E-state index is 11.4. The van der Waals surface area contributed by atoms with E-state index in [2.05, 4.69) is 31.9 Å². The van der Waals surface area contributed by atoms with Crippen molar-refractivity contribution in [3.8, 4) is 0 Å². The summed E-state index contributed by atoms with van der Waals surface area (Å²) in [6.45, 7) is 1.87. The Kier molecular flexibility index (Phi) is 3.95. The summed E-state index contributed by atoms with van der Waals surface area (Å²) in [6, 6.07) is 3.70. The Balaban J connectivity index is 3.33. The average Bonchev–Trinajstić information content (AvgIpc) is 2.12. The Bertz CT molecular complexity index is 350. The summed E-state index contributed by atoms with van der Waals surface area (Å²) < 4.78 is 0.743. The number of carbonyl (C=O) groups is 1. The van der Waals surface area contributed by atoms with Crippen LogP contribution in [-0.4, -0.2) is 11.1 Å². The lowest BCUT2D eigenvalue weighted by atomic mass is 10.1. The van der Waals surface area contributed by atoms with Gasteiger partial charge < -0.3 is 0 Å². The number of carbonyl (C=O) groups excluding carboxylic acids is 1. The number of benzene rings is 1. The summed E-state index contributed by atoms with van der Waals surface area (Å²) in [4.78, 5) is 11.4. The lowest BCUT2D eigenvalue weighted by Crippen LogP contribution is -2.03. The molecule has 0 bridgehead atoms. The van der Waals surface area contributed by atoms with E-state index in [4.69, 9.17) is 11.6 Å². The Hall–Kier alpha value is 0.140. The summed E-state index contributed by atoms with van der Waals surface area (Å²) in [5.74, 6) is -0.0134. The zero-order chi connectivity index (χ0) is 10.0. The highest BCUT2D eigenvalue weighted by molar-refractivity contribution is 9.10. The summed E-state index contributed by atoms with van der Waals surface area (Å²) in [6.07, 6.45) is 0. The SMILES string of the molecule is Cc1ccc(Br)c(C(=O)CBr)c1Cl. The highest BCUT2D eigenvalue weighted by atomic mass is 79.9. The summed E-state index contributed by atoms with van der Waals surface area (Å²) in [7, 11) is 0. The van der Waals surface area contributed by atoms with Crippen molar-refractivity contribution in [3.63, 3.8) is 0 Å². The second kappa shape index (κ2) is 4.58. The van der Waals surface area contributed by atoms with Crippen molar-refractivity contribution >= 4 is 49.2 Å². The first-order chi connectivity index (χ1) is 6.07. The van der Waals surface area contributed by atoms with Gasteiger partial charge in [-0.15, -0.1) is 0 Å². The standard InChI is InChI=1S/C9H7Br2ClO/c1-5-2-3-6(11)8(9(5)12)7(13)4-10/h2-3H,4H2,1H3. The van der Waals surface area contributed by atoms with Crippen molar-refractivity contribution in [2.45, 2.75) is 6.92 Å². The van der Waals surface area contributed by atoms with Crippen molar-refractivity contribution in [1.29, 1.82) is 0 Å². The van der Waals surface area contributed by atoms with Crippen LogP contribution in [-0.2, 0) is 0 Å². The van der Waals surface area contributed by atoms with Crippen molar-refractivity contribution in [3.05, 3.63) is 32.8 Å². The molecule has 0 N–H and O–H groups in total. The van der Waals surface area contributed by atoms with E-state index in [0.29, 0.717) is 10.6 Å². The molecule has 1 rings (SSSR count). The third-order valence-corrected chi connectivity index (χ3v) is 3.34. The maximum Gasteiger partial charge on any atom is 0.176 e. The largest absolute Gasteiger partial charge is 0.293 e. The number of hydrogen-bond acceptors (Lipinski definition) is 1. The van der Waals surface area contributed by atoms with Crippen LogP contribution >= 0.6 is 43.5 Å². The van der Waals surface area contributed by atoms with Gasteiger partial charge in [0.25, 0.3) is 0 Å². The molecule has 0 atom stereocenters. The lowest BCUT2D eigenvalue weighted by molar-refractivity contribution is 0.102. The predicted molar refractivity (Wildman–Crippen MR) is 62.0 cm³/mol. The first-order valence-electron chi connectivity index (χ1n) is 3.61. The van der Waals surface area contributed by atoms with Gasteiger partial charge in [-0.1, -0.05) is 33.6 Å². The molecule has 0 radical (unpaired) electrons. The number of aryl methyl sites for hydroxylation is 1. The first kappa shape index (κ1) is 11.2. The first-order valence-corrected chi connectivity index (χ1v) is 5.91. The van der Waals surface area contributed by atoms with Crippen LogP contribution in [0.4, 0.5) is 0 Å². The van der Waals surface area contributed by atoms with Gasteiger partial charge in [-0.05, 0) is 34.5 Å². The van der Waals surface area contributed by atoms with E-state index in [1.807, 2.05) is 19.1 Å². The fourth-order valence-corrected chi connectivity index (χ4v) is 2.20. The highest BCUT2D eigenvalue weighted by Gasteiger charge is 2.14. The van der Waals surface area contributed by atoms with E-state index in [1.54, 1.807) is 0 Å². The average molecular weight is 326 g/mol. The molecule has 1 aromatic carbocycles. The van der Waals surface area contributed by atoms with Crippen molar-refractivity contribution < 1.29 is 4.79 Å². The monoisotopic (exact) mass is 324 g/mol. The van der Waals surface area contributed by atoms with E-state index in [9.17, 15) is 4.79 Å². The van der Waals surface area contributed by atoms with Crippen molar-refractivity contribution in [1.82, 2.24) is 0 Å². The Labute approximate surface area is 98.7 Å². The normalized spacial score (nSPS) is 10.2. The van der Waals surface area contributed by atoms with Crippen LogP contribution in [0, 0.1) is 6.92 Å². The third-order valence-electron chi connectivity index (χ3n) is 1.68. The van der Waals surface area contributed by atoms with Gasteiger partial charge in [-0.25, -0.2) is 0 Å². The predicted octanol–water partition coefficient (Wildman–Crippen LogP) is 3.99. The molecule has 0 amide bonds. The molecule has 70 valence electrons. The number of hydrogen-bond donors (Lipinski definition) is 0. The molecule has 0 fully saturated rings. The molecular formula is C9H7Br2ClO. The third kappa shape index (κ3) is 2.33. The van der Waals surface area contributed by atoms with Crippen LogP contribution in [0.2, 0.25) is 5.02 Å². The Morgan fingerprint density at radius 1 is 1.54 bits per heavy atom. The Morgan fingerprint density at radius 3 is 2.69 bits per heavy atom. The molecule has 0 spiro atoms. The van der Waals surface area contributed by atoms with E-state index >= 15 is 0 Å². The van der Waals surface area contributed by atoms with E-state index in [1.165, 1.54) is 0 Å². The fourth-order valence-electron chi connectivity index (χ4n) is 0.979. The molecule has 0 aliphatic rings. The van der Waals surface area contributed by atoms with Gasteiger partial charge in [0.2, 0.25) is 0 Å². The molecule has 0 aliphatic carbocycles. The summed E-state index contributed by atoms with van der Waals surface area (Å²) >= 11 is 12.4. The minimum atomic E-state index is -0.0134. The number of halogens is 3. The number of alkyl halides is 1. The molecule has 0 saturated carbocycles. The topological polar surface area (TPSA) is 17.1 Å². The van der Waals surface area contributed by atoms with Gasteiger partial charge >= 0.3 is 0 Å². The number of rotatable bonds is 2. The molecule has 4 heteroatoms. The molecule has 0 heterocycles. The van der Waals surface area contributed by atoms with Crippen LogP contribution < -0.4 is 0 Å². The number of ketones is 1. The van der Waals surface area contributed by atoms with Gasteiger partial charge in [0, 0.05) is 4.47 Å². The second-order valence-electron chi connectivity index (χ2n) is 2.61. The van der Waals surface area contributed by atoms with Crippen molar-refractivity contribution in [2.24, 2.45) is 0 Å². The molecule has 0 aliphatic heterocycles. The van der Waals surface area contributed by atoms with Gasteiger partial charge in [0.05, 0.1) is 15.9 Å². The lowest BCUT2D eigenvalue weighted by Gasteiger charge is -2.06. The zero-order valence-electron chi connectivity index (χ0n) is 6.90. The molecule has 0 unspecified atom stereocenters. The second-order valence-corrected chi connectivity index (χ2v) is 4.40. The van der Waals surface area contributed by atoms with E-state index < -0.39 is 0 Å². The minimum Gasteiger partial charge on any atom is -0.293 e. The zero-order valence-corrected chi connectivity index (χ0v) is 10.8. The Morgan fingerprint density at radius 2 is 2.15 bits per heavy atom. The van der Waals surface area contributed by atoms with Crippen LogP contribution in [0.3, 0.4) is 0 Å². The maximum absolute atomic E-state index is 11.4. The van der Waals surface area contributed by atoms with Crippen LogP contribution in [0.25, 0.3) is 0 Å². The number of Topliss-reactive ketones (excluding diaryl/α,β-unsaturated/α-hetero) is 1. The van der Waals surface area contributed by atoms with Crippen LogP contribution in [0.1, 0.15) is 15.9 Å². The summed E-state index contributed by atoms with van der Waals surface area (Å²) in [5, 5.41) is 0.813.